The Hall–Kier alpha value is -3.54. The molecule has 0 radical (unpaired) electrons. The number of rotatable bonds is 3. The van der Waals surface area contributed by atoms with Gasteiger partial charge in [0.25, 0.3) is 0 Å². The Balaban J connectivity index is 2.04. The molecule has 0 saturated heterocycles. The van der Waals surface area contributed by atoms with Crippen LogP contribution in [0.1, 0.15) is 31.8 Å². The number of carboxylic acid groups (broad SMARTS) is 1. The van der Waals surface area contributed by atoms with Crippen molar-refractivity contribution in [3.8, 4) is 0 Å². The second-order valence-corrected chi connectivity index (χ2v) is 5.09. The average Bonchev–Trinajstić information content (AvgIpc) is 2.58. The zero-order chi connectivity index (χ0) is 17.3. The number of carboxylic acids is 1. The highest BCUT2D eigenvalue weighted by Crippen LogP contribution is 2.31. The molecule has 1 aliphatic rings. The molecule has 1 amide bonds. The van der Waals surface area contributed by atoms with E-state index in [9.17, 15) is 19.2 Å². The molecule has 118 valence electrons. The first-order chi connectivity index (χ1) is 11.5. The lowest BCUT2D eigenvalue weighted by Gasteiger charge is -2.19. The van der Waals surface area contributed by atoms with E-state index in [1.54, 1.807) is 30.3 Å². The first kappa shape index (κ1) is 15.4. The fourth-order valence-electron chi connectivity index (χ4n) is 2.57. The van der Waals surface area contributed by atoms with E-state index in [1.165, 1.54) is 12.1 Å². The second-order valence-electron chi connectivity index (χ2n) is 5.09. The Morgan fingerprint density at radius 2 is 1.46 bits per heavy atom. The molecule has 1 aliphatic carbocycles. The first-order valence-electron chi connectivity index (χ1n) is 7.02. The third-order valence-electron chi connectivity index (χ3n) is 3.59. The molecule has 2 aromatic rings. The SMILES string of the molecule is O=C(O)C=CC(=O)Nc1cccc2c1C(=O)c1ccccc1C2=O. The molecule has 0 spiro atoms. The van der Waals surface area contributed by atoms with Crippen molar-refractivity contribution in [1.29, 1.82) is 0 Å². The number of carbonyl (C=O) groups is 4. The topological polar surface area (TPSA) is 101 Å². The van der Waals surface area contributed by atoms with Crippen LogP contribution in [0.25, 0.3) is 0 Å². The number of fused-ring (bicyclic) bond motifs is 2. The third kappa shape index (κ3) is 2.61. The monoisotopic (exact) mass is 321 g/mol. The predicted octanol–water partition coefficient (Wildman–Crippen LogP) is 2.04. The average molecular weight is 321 g/mol. The molecule has 6 nitrogen and oxygen atoms in total. The van der Waals surface area contributed by atoms with E-state index in [0.29, 0.717) is 11.6 Å². The molecule has 0 bridgehead atoms. The Bertz CT molecular complexity index is 927. The Morgan fingerprint density at radius 1 is 0.833 bits per heavy atom. The minimum atomic E-state index is -1.26. The van der Waals surface area contributed by atoms with Crippen LogP contribution in [0.3, 0.4) is 0 Å². The number of anilines is 1. The molecule has 2 aromatic carbocycles. The van der Waals surface area contributed by atoms with Crippen LogP contribution < -0.4 is 5.32 Å². The number of benzene rings is 2. The van der Waals surface area contributed by atoms with Crippen molar-refractivity contribution in [3.63, 3.8) is 0 Å². The van der Waals surface area contributed by atoms with Gasteiger partial charge >= 0.3 is 5.97 Å². The normalized spacial score (nSPS) is 12.7. The molecule has 0 atom stereocenters. The summed E-state index contributed by atoms with van der Waals surface area (Å²) in [6.07, 6.45) is 1.53. The van der Waals surface area contributed by atoms with E-state index in [-0.39, 0.29) is 33.9 Å². The van der Waals surface area contributed by atoms with Gasteiger partial charge in [-0.25, -0.2) is 4.79 Å². The molecule has 0 aromatic heterocycles. The summed E-state index contributed by atoms with van der Waals surface area (Å²) in [5.74, 6) is -2.62. The zero-order valence-electron chi connectivity index (χ0n) is 12.3. The summed E-state index contributed by atoms with van der Waals surface area (Å²) < 4.78 is 0. The molecule has 0 heterocycles. The molecule has 2 N–H and O–H groups in total. The van der Waals surface area contributed by atoms with Crippen LogP contribution in [0.5, 0.6) is 0 Å². The van der Waals surface area contributed by atoms with Crippen molar-refractivity contribution < 1.29 is 24.3 Å². The maximum atomic E-state index is 12.7. The molecular formula is C18H11NO5. The standard InChI is InChI=1S/C18H11NO5/c20-14(8-9-15(21)22)19-13-7-3-6-12-16(13)18(24)11-5-2-1-4-10(11)17(12)23/h1-9H,(H,19,20)(H,21,22). The van der Waals surface area contributed by atoms with E-state index in [1.807, 2.05) is 0 Å². The maximum absolute atomic E-state index is 12.7. The van der Waals surface area contributed by atoms with Crippen molar-refractivity contribution in [2.75, 3.05) is 5.32 Å². The van der Waals surface area contributed by atoms with Crippen LogP contribution in [0.15, 0.2) is 54.6 Å². The highest BCUT2D eigenvalue weighted by atomic mass is 16.4. The van der Waals surface area contributed by atoms with Gasteiger partial charge in [-0.1, -0.05) is 36.4 Å². The molecule has 0 unspecified atom stereocenters. The molecule has 0 aliphatic heterocycles. The molecule has 6 heteroatoms. The summed E-state index contributed by atoms with van der Waals surface area (Å²) in [4.78, 5) is 47.5. The number of amides is 1. The lowest BCUT2D eigenvalue weighted by atomic mass is 9.83. The molecule has 0 saturated carbocycles. The van der Waals surface area contributed by atoms with Crippen LogP contribution in [-0.2, 0) is 9.59 Å². The Kier molecular flexibility index (Phi) is 3.79. The van der Waals surface area contributed by atoms with Gasteiger partial charge in [-0.2, -0.15) is 0 Å². The van der Waals surface area contributed by atoms with Crippen molar-refractivity contribution in [2.24, 2.45) is 0 Å². The van der Waals surface area contributed by atoms with Crippen LogP contribution in [0, 0.1) is 0 Å². The summed E-state index contributed by atoms with van der Waals surface area (Å²) in [7, 11) is 0. The van der Waals surface area contributed by atoms with Gasteiger partial charge in [0.05, 0.1) is 11.3 Å². The van der Waals surface area contributed by atoms with E-state index in [2.05, 4.69) is 5.32 Å². The molecule has 24 heavy (non-hydrogen) atoms. The summed E-state index contributed by atoms with van der Waals surface area (Å²) >= 11 is 0. The smallest absolute Gasteiger partial charge is 0.328 e. The minimum Gasteiger partial charge on any atom is -0.478 e. The van der Waals surface area contributed by atoms with Crippen molar-refractivity contribution in [1.82, 2.24) is 0 Å². The predicted molar refractivity (Wildman–Crippen MR) is 85.2 cm³/mol. The van der Waals surface area contributed by atoms with Crippen molar-refractivity contribution in [2.45, 2.75) is 0 Å². The molecular weight excluding hydrogens is 310 g/mol. The van der Waals surface area contributed by atoms with E-state index in [0.717, 1.165) is 6.08 Å². The number of hydrogen-bond donors (Lipinski definition) is 2. The van der Waals surface area contributed by atoms with Gasteiger partial charge in [0.2, 0.25) is 5.91 Å². The van der Waals surface area contributed by atoms with Crippen LogP contribution >= 0.6 is 0 Å². The van der Waals surface area contributed by atoms with E-state index < -0.39 is 11.9 Å². The largest absolute Gasteiger partial charge is 0.478 e. The Labute approximate surface area is 136 Å². The van der Waals surface area contributed by atoms with Gasteiger partial charge in [0.1, 0.15) is 0 Å². The number of carbonyl (C=O) groups excluding carboxylic acids is 3. The summed E-state index contributed by atoms with van der Waals surface area (Å²) in [5.41, 5.74) is 1.08. The van der Waals surface area contributed by atoms with Gasteiger partial charge in [-0.05, 0) is 6.07 Å². The third-order valence-corrected chi connectivity index (χ3v) is 3.59. The van der Waals surface area contributed by atoms with Gasteiger partial charge in [0.15, 0.2) is 11.6 Å². The molecule has 0 fully saturated rings. The number of nitrogens with one attached hydrogen (secondary N) is 1. The summed E-state index contributed by atoms with van der Waals surface area (Å²) in [6, 6.07) is 11.0. The van der Waals surface area contributed by atoms with Gasteiger partial charge in [-0.3, -0.25) is 14.4 Å². The lowest BCUT2D eigenvalue weighted by Crippen LogP contribution is -2.23. The fraction of sp³-hybridized carbons (Fsp3) is 0. The highest BCUT2D eigenvalue weighted by molar-refractivity contribution is 6.30. The first-order valence-corrected chi connectivity index (χ1v) is 7.02. The quantitative estimate of drug-likeness (QED) is 0.719. The maximum Gasteiger partial charge on any atom is 0.328 e. The van der Waals surface area contributed by atoms with Crippen LogP contribution in [0.4, 0.5) is 5.69 Å². The van der Waals surface area contributed by atoms with Gasteiger partial charge in [-0.15, -0.1) is 0 Å². The van der Waals surface area contributed by atoms with Crippen LogP contribution in [0.2, 0.25) is 0 Å². The lowest BCUT2D eigenvalue weighted by molar-refractivity contribution is -0.131. The van der Waals surface area contributed by atoms with E-state index in [4.69, 9.17) is 5.11 Å². The van der Waals surface area contributed by atoms with Crippen molar-refractivity contribution in [3.05, 3.63) is 76.9 Å². The van der Waals surface area contributed by atoms with Gasteiger partial charge in [0, 0.05) is 28.8 Å². The van der Waals surface area contributed by atoms with E-state index >= 15 is 0 Å². The highest BCUT2D eigenvalue weighted by Gasteiger charge is 2.31. The van der Waals surface area contributed by atoms with Crippen LogP contribution in [-0.4, -0.2) is 28.5 Å². The minimum absolute atomic E-state index is 0.110. The summed E-state index contributed by atoms with van der Waals surface area (Å²) in [5, 5.41) is 11.0. The second kappa shape index (κ2) is 5.92. The summed E-state index contributed by atoms with van der Waals surface area (Å²) in [6.45, 7) is 0. The van der Waals surface area contributed by atoms with Crippen molar-refractivity contribution >= 4 is 29.1 Å². The Morgan fingerprint density at radius 3 is 2.12 bits per heavy atom. The zero-order valence-corrected chi connectivity index (χ0v) is 12.3. The van der Waals surface area contributed by atoms with Gasteiger partial charge < -0.3 is 10.4 Å². The fourth-order valence-corrected chi connectivity index (χ4v) is 2.57. The number of ketones is 2. The number of aliphatic carboxylic acids is 1. The molecule has 3 rings (SSSR count). The number of hydrogen-bond acceptors (Lipinski definition) is 4.